The molecule has 1 aromatic rings. The first-order chi connectivity index (χ1) is 7.86. The van der Waals surface area contributed by atoms with Crippen molar-refractivity contribution < 1.29 is 4.74 Å². The summed E-state index contributed by atoms with van der Waals surface area (Å²) in [6, 6.07) is 2.17. The van der Waals surface area contributed by atoms with Crippen molar-refractivity contribution in [3.8, 4) is 0 Å². The first-order valence-corrected chi connectivity index (χ1v) is 7.05. The molecule has 1 aliphatic carbocycles. The third-order valence-electron chi connectivity index (χ3n) is 3.04. The third-order valence-corrected chi connectivity index (χ3v) is 4.07. The molecule has 0 atom stereocenters. The molecular weight excluding hydrogens is 218 g/mol. The van der Waals surface area contributed by atoms with E-state index in [2.05, 4.69) is 23.7 Å². The van der Waals surface area contributed by atoms with Crippen LogP contribution in [0.3, 0.4) is 0 Å². The quantitative estimate of drug-likeness (QED) is 0.704. The summed E-state index contributed by atoms with van der Waals surface area (Å²) < 4.78 is 5.58. The molecule has 1 saturated carbocycles. The van der Waals surface area contributed by atoms with E-state index in [1.807, 2.05) is 11.3 Å². The minimum absolute atomic E-state index is 0.844. The minimum Gasteiger partial charge on any atom is -0.380 e. The number of ether oxygens (including phenoxy) is 1. The van der Waals surface area contributed by atoms with Crippen molar-refractivity contribution in [2.75, 3.05) is 19.8 Å². The van der Waals surface area contributed by atoms with E-state index in [4.69, 9.17) is 4.74 Å². The molecule has 2 rings (SSSR count). The largest absolute Gasteiger partial charge is 0.380 e. The van der Waals surface area contributed by atoms with Gasteiger partial charge in [-0.2, -0.15) is 0 Å². The Kier molecular flexibility index (Phi) is 4.82. The van der Waals surface area contributed by atoms with Gasteiger partial charge < -0.3 is 10.1 Å². The summed E-state index contributed by atoms with van der Waals surface area (Å²) in [6.07, 6.45) is 4.13. The number of thiophene rings is 1. The Hall–Kier alpha value is -0.380. The zero-order valence-electron chi connectivity index (χ0n) is 10.00. The van der Waals surface area contributed by atoms with E-state index in [-0.39, 0.29) is 0 Å². The lowest BCUT2D eigenvalue weighted by Crippen LogP contribution is -2.19. The van der Waals surface area contributed by atoms with E-state index < -0.39 is 0 Å². The molecule has 16 heavy (non-hydrogen) atoms. The molecule has 0 aliphatic heterocycles. The number of aryl methyl sites for hydroxylation is 1. The first kappa shape index (κ1) is 12.1. The highest BCUT2D eigenvalue weighted by Crippen LogP contribution is 2.31. The van der Waals surface area contributed by atoms with Gasteiger partial charge in [0.2, 0.25) is 0 Å². The fourth-order valence-electron chi connectivity index (χ4n) is 1.69. The number of hydrogen-bond donors (Lipinski definition) is 1. The molecule has 0 saturated heterocycles. The Morgan fingerprint density at radius 2 is 2.31 bits per heavy atom. The number of rotatable bonds is 8. The molecule has 0 bridgehead atoms. The summed E-state index contributed by atoms with van der Waals surface area (Å²) in [5.74, 6) is 0.988. The fourth-order valence-corrected chi connectivity index (χ4v) is 2.57. The maximum Gasteiger partial charge on any atom is 0.0591 e. The summed E-state index contributed by atoms with van der Waals surface area (Å²) in [5.41, 5.74) is 1.40. The zero-order chi connectivity index (χ0) is 11.2. The Bertz CT molecular complexity index is 307. The van der Waals surface area contributed by atoms with Gasteiger partial charge in [0.1, 0.15) is 0 Å². The summed E-state index contributed by atoms with van der Waals surface area (Å²) in [4.78, 5) is 1.44. The van der Waals surface area contributed by atoms with Gasteiger partial charge in [-0.25, -0.2) is 0 Å². The van der Waals surface area contributed by atoms with Crippen LogP contribution in [0.5, 0.6) is 0 Å². The van der Waals surface area contributed by atoms with Crippen molar-refractivity contribution in [1.29, 1.82) is 0 Å². The number of hydrogen-bond acceptors (Lipinski definition) is 3. The van der Waals surface area contributed by atoms with Crippen molar-refractivity contribution in [3.05, 3.63) is 21.9 Å². The lowest BCUT2D eigenvalue weighted by Gasteiger charge is -2.05. The van der Waals surface area contributed by atoms with Gasteiger partial charge in [0, 0.05) is 24.6 Å². The van der Waals surface area contributed by atoms with Gasteiger partial charge in [0.05, 0.1) is 6.61 Å². The standard InChI is InChI=1S/C13H21NOS/c1-11-5-9-16-13(11)10-14-6-8-15-7-4-12-2-3-12/h5,9,12,14H,2-4,6-8,10H2,1H3. The van der Waals surface area contributed by atoms with Crippen molar-refractivity contribution >= 4 is 11.3 Å². The van der Waals surface area contributed by atoms with E-state index in [0.29, 0.717) is 0 Å². The maximum atomic E-state index is 5.58. The number of nitrogens with one attached hydrogen (secondary N) is 1. The van der Waals surface area contributed by atoms with Crippen LogP contribution in [0.4, 0.5) is 0 Å². The molecule has 1 aliphatic rings. The summed E-state index contributed by atoms with van der Waals surface area (Å²) in [7, 11) is 0. The van der Waals surface area contributed by atoms with Gasteiger partial charge >= 0.3 is 0 Å². The van der Waals surface area contributed by atoms with Crippen molar-refractivity contribution in [2.24, 2.45) is 5.92 Å². The van der Waals surface area contributed by atoms with Crippen molar-refractivity contribution in [2.45, 2.75) is 32.7 Å². The van der Waals surface area contributed by atoms with Crippen LogP contribution in [0.25, 0.3) is 0 Å². The minimum atomic E-state index is 0.844. The monoisotopic (exact) mass is 239 g/mol. The SMILES string of the molecule is Cc1ccsc1CNCCOCCC1CC1. The van der Waals surface area contributed by atoms with E-state index in [1.54, 1.807) is 0 Å². The zero-order valence-corrected chi connectivity index (χ0v) is 10.8. The van der Waals surface area contributed by atoms with Crippen LogP contribution in [0, 0.1) is 12.8 Å². The summed E-state index contributed by atoms with van der Waals surface area (Å²) >= 11 is 1.83. The van der Waals surface area contributed by atoms with Crippen LogP contribution in [0.15, 0.2) is 11.4 Å². The highest BCUT2D eigenvalue weighted by Gasteiger charge is 2.20. The van der Waals surface area contributed by atoms with Crippen LogP contribution < -0.4 is 5.32 Å². The molecule has 0 spiro atoms. The second kappa shape index (κ2) is 6.38. The lowest BCUT2D eigenvalue weighted by atomic mass is 10.3. The Balaban J connectivity index is 1.44. The third kappa shape index (κ3) is 4.24. The van der Waals surface area contributed by atoms with Crippen molar-refractivity contribution in [3.63, 3.8) is 0 Å². The highest BCUT2D eigenvalue weighted by molar-refractivity contribution is 7.10. The topological polar surface area (TPSA) is 21.3 Å². The second-order valence-corrected chi connectivity index (χ2v) is 5.55. The smallest absolute Gasteiger partial charge is 0.0591 e. The Labute approximate surface area is 102 Å². The normalized spacial score (nSPS) is 15.6. The predicted octanol–water partition coefficient (Wildman–Crippen LogP) is 2.96. The van der Waals surface area contributed by atoms with Crippen LogP contribution >= 0.6 is 11.3 Å². The molecular formula is C13H21NOS. The molecule has 2 nitrogen and oxygen atoms in total. The molecule has 0 unspecified atom stereocenters. The summed E-state index contributed by atoms with van der Waals surface area (Å²) in [6.45, 7) is 5.90. The molecule has 0 radical (unpaired) electrons. The van der Waals surface area contributed by atoms with Gasteiger partial charge in [-0.05, 0) is 36.3 Å². The maximum absolute atomic E-state index is 5.58. The molecule has 0 amide bonds. The van der Waals surface area contributed by atoms with E-state index in [9.17, 15) is 0 Å². The van der Waals surface area contributed by atoms with Gasteiger partial charge in [-0.15, -0.1) is 11.3 Å². The first-order valence-electron chi connectivity index (χ1n) is 6.17. The molecule has 0 aromatic carbocycles. The predicted molar refractivity (Wildman–Crippen MR) is 68.9 cm³/mol. The van der Waals surface area contributed by atoms with Crippen LogP contribution in [0.2, 0.25) is 0 Å². The van der Waals surface area contributed by atoms with Gasteiger partial charge in [-0.3, -0.25) is 0 Å². The molecule has 90 valence electrons. The van der Waals surface area contributed by atoms with Crippen LogP contribution in [-0.4, -0.2) is 19.8 Å². The molecule has 3 heteroatoms. The highest BCUT2D eigenvalue weighted by atomic mass is 32.1. The van der Waals surface area contributed by atoms with Gasteiger partial charge in [0.15, 0.2) is 0 Å². The molecule has 1 fully saturated rings. The van der Waals surface area contributed by atoms with Crippen LogP contribution in [0.1, 0.15) is 29.7 Å². The van der Waals surface area contributed by atoms with Gasteiger partial charge in [-0.1, -0.05) is 12.8 Å². The molecule has 1 N–H and O–H groups in total. The Morgan fingerprint density at radius 3 is 3.00 bits per heavy atom. The van der Waals surface area contributed by atoms with Crippen molar-refractivity contribution in [1.82, 2.24) is 5.32 Å². The summed E-state index contributed by atoms with van der Waals surface area (Å²) in [5, 5.41) is 5.57. The second-order valence-electron chi connectivity index (χ2n) is 4.55. The van der Waals surface area contributed by atoms with E-state index >= 15 is 0 Å². The van der Waals surface area contributed by atoms with Gasteiger partial charge in [0.25, 0.3) is 0 Å². The average molecular weight is 239 g/mol. The van der Waals surface area contributed by atoms with Crippen LogP contribution in [-0.2, 0) is 11.3 Å². The molecule has 1 aromatic heterocycles. The van der Waals surface area contributed by atoms with E-state index in [1.165, 1.54) is 29.7 Å². The van der Waals surface area contributed by atoms with E-state index in [0.717, 1.165) is 32.2 Å². The molecule has 1 heterocycles. The Morgan fingerprint density at radius 1 is 1.44 bits per heavy atom. The lowest BCUT2D eigenvalue weighted by molar-refractivity contribution is 0.130. The fraction of sp³-hybridized carbons (Fsp3) is 0.692. The average Bonchev–Trinajstić information content (AvgIpc) is 3.01.